The number of hydrogen-bond donors (Lipinski definition) is 1. The van der Waals surface area contributed by atoms with Crippen molar-refractivity contribution in [2.75, 3.05) is 6.54 Å². The molecule has 2 aromatic rings. The second-order valence-corrected chi connectivity index (χ2v) is 5.44. The van der Waals surface area contributed by atoms with Crippen molar-refractivity contribution in [3.8, 4) is 0 Å². The Kier molecular flexibility index (Phi) is 5.56. The number of nitrogens with zero attached hydrogens (tertiary/aromatic N) is 4. The predicted octanol–water partition coefficient (Wildman–Crippen LogP) is 2.48. The zero-order valence-corrected chi connectivity index (χ0v) is 13.6. The molecule has 0 fully saturated rings. The lowest BCUT2D eigenvalue weighted by atomic mass is 10.1. The fraction of sp³-hybridized carbons (Fsp3) is 0.625. The Morgan fingerprint density at radius 1 is 1.29 bits per heavy atom. The van der Waals surface area contributed by atoms with Crippen LogP contribution in [0.4, 0.5) is 0 Å². The van der Waals surface area contributed by atoms with Crippen molar-refractivity contribution in [2.24, 2.45) is 7.05 Å². The Morgan fingerprint density at radius 3 is 2.67 bits per heavy atom. The maximum absolute atomic E-state index is 4.65. The zero-order valence-electron chi connectivity index (χ0n) is 13.6. The van der Waals surface area contributed by atoms with Crippen LogP contribution in [0.5, 0.6) is 0 Å². The molecule has 1 unspecified atom stereocenters. The Balaban J connectivity index is 2.22. The van der Waals surface area contributed by atoms with E-state index in [2.05, 4.69) is 58.5 Å². The Morgan fingerprint density at radius 2 is 2.10 bits per heavy atom. The summed E-state index contributed by atoms with van der Waals surface area (Å²) in [6.07, 6.45) is 6.88. The molecule has 2 heterocycles. The Bertz CT molecular complexity index is 555. The van der Waals surface area contributed by atoms with Crippen molar-refractivity contribution in [1.82, 2.24) is 24.6 Å². The maximum atomic E-state index is 4.65. The highest BCUT2D eigenvalue weighted by atomic mass is 15.3. The van der Waals surface area contributed by atoms with E-state index in [0.717, 1.165) is 32.4 Å². The number of aromatic nitrogens is 4. The molecule has 5 nitrogen and oxygen atoms in total. The van der Waals surface area contributed by atoms with Gasteiger partial charge < -0.3 is 9.88 Å². The fourth-order valence-electron chi connectivity index (χ4n) is 2.64. The molecule has 0 aliphatic heterocycles. The molecule has 2 aromatic heterocycles. The summed E-state index contributed by atoms with van der Waals surface area (Å²) in [5.41, 5.74) is 3.70. The molecule has 0 spiro atoms. The molecule has 5 heteroatoms. The molecule has 2 rings (SSSR count). The van der Waals surface area contributed by atoms with Crippen LogP contribution in [0.25, 0.3) is 0 Å². The van der Waals surface area contributed by atoms with Crippen molar-refractivity contribution in [2.45, 2.75) is 52.6 Å². The molecule has 116 valence electrons. The molecular weight excluding hydrogens is 262 g/mol. The van der Waals surface area contributed by atoms with E-state index in [0.29, 0.717) is 0 Å². The van der Waals surface area contributed by atoms with E-state index in [1.165, 1.54) is 17.1 Å². The minimum Gasteiger partial charge on any atom is -0.336 e. The summed E-state index contributed by atoms with van der Waals surface area (Å²) in [5.74, 6) is 0. The molecule has 0 saturated heterocycles. The van der Waals surface area contributed by atoms with Gasteiger partial charge in [0.1, 0.15) is 0 Å². The van der Waals surface area contributed by atoms with Gasteiger partial charge in [-0.05, 0) is 32.4 Å². The van der Waals surface area contributed by atoms with Gasteiger partial charge >= 0.3 is 0 Å². The monoisotopic (exact) mass is 289 g/mol. The number of aryl methyl sites for hydroxylation is 3. The van der Waals surface area contributed by atoms with E-state index in [4.69, 9.17) is 0 Å². The lowest BCUT2D eigenvalue weighted by molar-refractivity contribution is 0.482. The first-order valence-corrected chi connectivity index (χ1v) is 7.94. The summed E-state index contributed by atoms with van der Waals surface area (Å²) in [4.78, 5) is 4.26. The van der Waals surface area contributed by atoms with Crippen LogP contribution in [-0.4, -0.2) is 25.9 Å². The quantitative estimate of drug-likeness (QED) is 0.812. The van der Waals surface area contributed by atoms with Crippen molar-refractivity contribution in [3.63, 3.8) is 0 Å². The highest BCUT2D eigenvalue weighted by molar-refractivity contribution is 5.16. The Hall–Kier alpha value is -1.62. The summed E-state index contributed by atoms with van der Waals surface area (Å²) in [6, 6.07) is 2.52. The van der Waals surface area contributed by atoms with Crippen molar-refractivity contribution < 1.29 is 0 Å². The summed E-state index contributed by atoms with van der Waals surface area (Å²) < 4.78 is 4.22. The van der Waals surface area contributed by atoms with Crippen LogP contribution in [0.1, 0.15) is 50.3 Å². The third-order valence-electron chi connectivity index (χ3n) is 3.84. The molecule has 0 saturated carbocycles. The Labute approximate surface area is 127 Å². The number of rotatable bonds is 8. The standard InChI is InChI=1S/C16H27N5/c1-5-8-18-15(16-11-17-12-20(16)4)10-14-9-13(6-2)19-21(14)7-3/h9,11-12,15,18H,5-8,10H2,1-4H3. The van der Waals surface area contributed by atoms with Gasteiger partial charge in [0.25, 0.3) is 0 Å². The minimum absolute atomic E-state index is 0.282. The lowest BCUT2D eigenvalue weighted by Gasteiger charge is -2.19. The van der Waals surface area contributed by atoms with Gasteiger partial charge in [0, 0.05) is 31.9 Å². The van der Waals surface area contributed by atoms with Gasteiger partial charge in [-0.15, -0.1) is 0 Å². The van der Waals surface area contributed by atoms with Crippen LogP contribution < -0.4 is 5.32 Å². The number of hydrogen-bond acceptors (Lipinski definition) is 3. The number of nitrogens with one attached hydrogen (secondary N) is 1. The van der Waals surface area contributed by atoms with Gasteiger partial charge in [-0.25, -0.2) is 4.98 Å². The second kappa shape index (κ2) is 7.41. The first-order valence-electron chi connectivity index (χ1n) is 7.94. The van der Waals surface area contributed by atoms with Crippen LogP contribution in [0, 0.1) is 0 Å². The van der Waals surface area contributed by atoms with Crippen LogP contribution in [-0.2, 0) is 26.4 Å². The molecular formula is C16H27N5. The van der Waals surface area contributed by atoms with E-state index in [9.17, 15) is 0 Å². The first kappa shape index (κ1) is 15.8. The normalized spacial score (nSPS) is 12.8. The van der Waals surface area contributed by atoms with Crippen LogP contribution in [0.2, 0.25) is 0 Å². The second-order valence-electron chi connectivity index (χ2n) is 5.44. The molecule has 0 amide bonds. The summed E-state index contributed by atoms with van der Waals surface area (Å²) >= 11 is 0. The van der Waals surface area contributed by atoms with Crippen molar-refractivity contribution in [1.29, 1.82) is 0 Å². The molecule has 0 aliphatic carbocycles. The summed E-state index contributed by atoms with van der Waals surface area (Å²) in [6.45, 7) is 8.42. The smallest absolute Gasteiger partial charge is 0.0946 e. The topological polar surface area (TPSA) is 47.7 Å². The van der Waals surface area contributed by atoms with Gasteiger partial charge in [-0.2, -0.15) is 5.10 Å². The molecule has 0 aromatic carbocycles. The van der Waals surface area contributed by atoms with Crippen molar-refractivity contribution in [3.05, 3.63) is 35.7 Å². The molecule has 1 atom stereocenters. The molecule has 0 radical (unpaired) electrons. The SMILES string of the molecule is CCCNC(Cc1cc(CC)nn1CC)c1cncn1C. The van der Waals surface area contributed by atoms with Gasteiger partial charge in [0.05, 0.1) is 23.8 Å². The van der Waals surface area contributed by atoms with E-state index in [1.54, 1.807) is 0 Å². The highest BCUT2D eigenvalue weighted by Gasteiger charge is 2.17. The predicted molar refractivity (Wildman–Crippen MR) is 85.2 cm³/mol. The van der Waals surface area contributed by atoms with Gasteiger partial charge in [-0.1, -0.05) is 13.8 Å². The van der Waals surface area contributed by atoms with E-state index >= 15 is 0 Å². The lowest BCUT2D eigenvalue weighted by Crippen LogP contribution is -2.26. The average Bonchev–Trinajstić information content (AvgIpc) is 3.09. The average molecular weight is 289 g/mol. The van der Waals surface area contributed by atoms with Gasteiger partial charge in [-0.3, -0.25) is 4.68 Å². The fourth-order valence-corrected chi connectivity index (χ4v) is 2.64. The van der Waals surface area contributed by atoms with E-state index in [-0.39, 0.29) is 6.04 Å². The van der Waals surface area contributed by atoms with E-state index in [1.807, 2.05) is 12.5 Å². The van der Waals surface area contributed by atoms with Crippen LogP contribution in [0.15, 0.2) is 18.6 Å². The zero-order chi connectivity index (χ0) is 15.2. The molecule has 0 aliphatic rings. The molecule has 1 N–H and O–H groups in total. The molecule has 0 bridgehead atoms. The van der Waals surface area contributed by atoms with Gasteiger partial charge in [0.2, 0.25) is 0 Å². The van der Waals surface area contributed by atoms with Gasteiger partial charge in [0.15, 0.2) is 0 Å². The third kappa shape index (κ3) is 3.73. The third-order valence-corrected chi connectivity index (χ3v) is 3.84. The maximum Gasteiger partial charge on any atom is 0.0946 e. The minimum atomic E-state index is 0.282. The van der Waals surface area contributed by atoms with Crippen LogP contribution >= 0.6 is 0 Å². The molecule has 21 heavy (non-hydrogen) atoms. The number of imidazole rings is 1. The first-order chi connectivity index (χ1) is 10.2. The summed E-state index contributed by atoms with van der Waals surface area (Å²) in [5, 5.41) is 8.29. The summed E-state index contributed by atoms with van der Waals surface area (Å²) in [7, 11) is 2.05. The van der Waals surface area contributed by atoms with Crippen LogP contribution in [0.3, 0.4) is 0 Å². The van der Waals surface area contributed by atoms with E-state index < -0.39 is 0 Å². The van der Waals surface area contributed by atoms with Crippen molar-refractivity contribution >= 4 is 0 Å². The highest BCUT2D eigenvalue weighted by Crippen LogP contribution is 2.19. The largest absolute Gasteiger partial charge is 0.336 e.